The van der Waals surface area contributed by atoms with Crippen LogP contribution < -0.4 is 10.6 Å². The lowest BCUT2D eigenvalue weighted by atomic mass is 9.76. The summed E-state index contributed by atoms with van der Waals surface area (Å²) >= 11 is 1.70. The molecular weight excluding hydrogens is 294 g/mol. The lowest BCUT2D eigenvalue weighted by Gasteiger charge is -2.41. The number of nitrogens with zero attached hydrogens (tertiary/aromatic N) is 1. The van der Waals surface area contributed by atoms with Crippen molar-refractivity contribution >= 4 is 17.2 Å². The lowest BCUT2D eigenvalue weighted by Crippen LogP contribution is -2.51. The highest BCUT2D eigenvalue weighted by Gasteiger charge is 2.43. The van der Waals surface area contributed by atoms with E-state index < -0.39 is 0 Å². The van der Waals surface area contributed by atoms with Crippen molar-refractivity contribution in [3.63, 3.8) is 0 Å². The van der Waals surface area contributed by atoms with Gasteiger partial charge in [-0.1, -0.05) is 0 Å². The number of hydrogen-bond donors (Lipinski definition) is 2. The van der Waals surface area contributed by atoms with Crippen LogP contribution in [0.1, 0.15) is 62.1 Å². The van der Waals surface area contributed by atoms with E-state index in [2.05, 4.69) is 21.0 Å². The number of carbonyl (C=O) groups excluding carboxylic acids is 1. The van der Waals surface area contributed by atoms with Crippen molar-refractivity contribution in [2.75, 3.05) is 0 Å². The molecule has 4 nitrogen and oxygen atoms in total. The molecule has 2 atom stereocenters. The number of thiazole rings is 1. The number of rotatable bonds is 4. The van der Waals surface area contributed by atoms with E-state index in [1.54, 1.807) is 11.3 Å². The van der Waals surface area contributed by atoms with Crippen LogP contribution in [-0.4, -0.2) is 23.0 Å². The molecule has 3 heterocycles. The van der Waals surface area contributed by atoms with Crippen LogP contribution in [-0.2, 0) is 10.3 Å². The smallest absolute Gasteiger partial charge is 0.221 e. The van der Waals surface area contributed by atoms with Crippen molar-refractivity contribution in [1.82, 2.24) is 15.6 Å². The van der Waals surface area contributed by atoms with Gasteiger partial charge in [0.2, 0.25) is 5.91 Å². The zero-order valence-electron chi connectivity index (χ0n) is 13.2. The third-order valence-electron chi connectivity index (χ3n) is 5.66. The Labute approximate surface area is 136 Å². The van der Waals surface area contributed by atoms with Gasteiger partial charge in [0, 0.05) is 29.6 Å². The van der Waals surface area contributed by atoms with E-state index in [0.717, 1.165) is 23.5 Å². The first-order chi connectivity index (χ1) is 10.6. The first-order valence-electron chi connectivity index (χ1n) is 8.63. The highest BCUT2D eigenvalue weighted by molar-refractivity contribution is 7.09. The van der Waals surface area contributed by atoms with Gasteiger partial charge < -0.3 is 10.6 Å². The van der Waals surface area contributed by atoms with Crippen LogP contribution in [0.3, 0.4) is 0 Å². The van der Waals surface area contributed by atoms with E-state index in [4.69, 9.17) is 0 Å². The maximum absolute atomic E-state index is 12.6. The average Bonchev–Trinajstić information content (AvgIpc) is 3.00. The van der Waals surface area contributed by atoms with Gasteiger partial charge in [-0.25, -0.2) is 4.98 Å². The SMILES string of the molecule is Cc1csc(C2(NC(=O)CC3CC4CCC(C3)N4)CCC2)n1. The molecule has 2 N–H and O–H groups in total. The van der Waals surface area contributed by atoms with Crippen LogP contribution in [0.2, 0.25) is 0 Å². The molecule has 3 fully saturated rings. The van der Waals surface area contributed by atoms with Crippen molar-refractivity contribution in [2.45, 2.75) is 75.9 Å². The molecule has 1 saturated carbocycles. The molecule has 2 bridgehead atoms. The third kappa shape index (κ3) is 2.69. The van der Waals surface area contributed by atoms with Gasteiger partial charge in [-0.3, -0.25) is 4.79 Å². The molecular formula is C17H25N3OS. The van der Waals surface area contributed by atoms with Crippen LogP contribution in [0.15, 0.2) is 5.38 Å². The fourth-order valence-electron chi connectivity index (χ4n) is 4.42. The molecule has 2 aliphatic heterocycles. The van der Waals surface area contributed by atoms with Crippen LogP contribution in [0.25, 0.3) is 0 Å². The van der Waals surface area contributed by atoms with Crippen LogP contribution in [0, 0.1) is 12.8 Å². The number of aryl methyl sites for hydroxylation is 1. The van der Waals surface area contributed by atoms with Gasteiger partial charge in [-0.2, -0.15) is 0 Å². The molecule has 0 aromatic carbocycles. The fourth-order valence-corrected chi connectivity index (χ4v) is 5.43. The summed E-state index contributed by atoms with van der Waals surface area (Å²) in [5.41, 5.74) is 0.914. The number of hydrogen-bond acceptors (Lipinski definition) is 4. The van der Waals surface area contributed by atoms with Gasteiger partial charge in [-0.05, 0) is 57.8 Å². The summed E-state index contributed by atoms with van der Waals surface area (Å²) in [4.78, 5) is 17.2. The van der Waals surface area contributed by atoms with Crippen molar-refractivity contribution in [3.05, 3.63) is 16.1 Å². The first kappa shape index (κ1) is 14.6. The number of carbonyl (C=O) groups is 1. The van der Waals surface area contributed by atoms with E-state index in [1.807, 2.05) is 6.92 Å². The number of piperidine rings is 1. The predicted molar refractivity (Wildman–Crippen MR) is 87.8 cm³/mol. The van der Waals surface area contributed by atoms with Gasteiger partial charge in [0.05, 0.1) is 5.54 Å². The molecule has 2 saturated heterocycles. The summed E-state index contributed by atoms with van der Waals surface area (Å²) in [6.07, 6.45) is 8.92. The van der Waals surface area contributed by atoms with Crippen LogP contribution >= 0.6 is 11.3 Å². The Morgan fingerprint density at radius 1 is 1.41 bits per heavy atom. The Balaban J connectivity index is 1.38. The average molecular weight is 319 g/mol. The highest BCUT2D eigenvalue weighted by Crippen LogP contribution is 2.43. The minimum Gasteiger partial charge on any atom is -0.344 e. The van der Waals surface area contributed by atoms with Gasteiger partial charge in [0.1, 0.15) is 5.01 Å². The first-order valence-corrected chi connectivity index (χ1v) is 9.51. The van der Waals surface area contributed by atoms with Gasteiger partial charge in [0.15, 0.2) is 0 Å². The fraction of sp³-hybridized carbons (Fsp3) is 0.765. The summed E-state index contributed by atoms with van der Waals surface area (Å²) < 4.78 is 0. The zero-order chi connectivity index (χ0) is 15.2. The van der Waals surface area contributed by atoms with Crippen molar-refractivity contribution in [1.29, 1.82) is 0 Å². The third-order valence-corrected chi connectivity index (χ3v) is 6.82. The molecule has 4 rings (SSSR count). The number of aromatic nitrogens is 1. The summed E-state index contributed by atoms with van der Waals surface area (Å²) in [7, 11) is 0. The maximum atomic E-state index is 12.6. The largest absolute Gasteiger partial charge is 0.344 e. The monoisotopic (exact) mass is 319 g/mol. The predicted octanol–water partition coefficient (Wildman–Crippen LogP) is 2.87. The van der Waals surface area contributed by atoms with Crippen molar-refractivity contribution < 1.29 is 4.79 Å². The normalized spacial score (nSPS) is 32.5. The summed E-state index contributed by atoms with van der Waals surface area (Å²) in [6.45, 7) is 2.03. The van der Waals surface area contributed by atoms with Crippen molar-refractivity contribution in [2.24, 2.45) is 5.92 Å². The summed E-state index contributed by atoms with van der Waals surface area (Å²) in [5, 5.41) is 10.2. The molecule has 120 valence electrons. The van der Waals surface area contributed by atoms with E-state index in [0.29, 0.717) is 24.4 Å². The number of amides is 1. The molecule has 3 aliphatic rings. The molecule has 1 aromatic heterocycles. The van der Waals surface area contributed by atoms with Gasteiger partial charge in [-0.15, -0.1) is 11.3 Å². The van der Waals surface area contributed by atoms with Gasteiger partial charge in [0.25, 0.3) is 0 Å². The van der Waals surface area contributed by atoms with Crippen molar-refractivity contribution in [3.8, 4) is 0 Å². The lowest BCUT2D eigenvalue weighted by molar-refractivity contribution is -0.125. The second kappa shape index (κ2) is 5.60. The van der Waals surface area contributed by atoms with Crippen LogP contribution in [0.5, 0.6) is 0 Å². The summed E-state index contributed by atoms with van der Waals surface area (Å²) in [6, 6.07) is 1.33. The molecule has 1 amide bonds. The Bertz CT molecular complexity index is 554. The highest BCUT2D eigenvalue weighted by atomic mass is 32.1. The Hall–Kier alpha value is -0.940. The molecule has 0 spiro atoms. The molecule has 22 heavy (non-hydrogen) atoms. The Kier molecular flexibility index (Phi) is 3.73. The zero-order valence-corrected chi connectivity index (χ0v) is 14.0. The molecule has 2 unspecified atom stereocenters. The molecule has 1 aromatic rings. The molecule has 1 aliphatic carbocycles. The minimum absolute atomic E-state index is 0.151. The van der Waals surface area contributed by atoms with E-state index in [9.17, 15) is 4.79 Å². The second-order valence-electron chi connectivity index (χ2n) is 7.46. The molecule has 0 radical (unpaired) electrons. The van der Waals surface area contributed by atoms with E-state index >= 15 is 0 Å². The Morgan fingerprint density at radius 3 is 2.68 bits per heavy atom. The number of nitrogens with one attached hydrogen (secondary N) is 2. The quantitative estimate of drug-likeness (QED) is 0.897. The number of fused-ring (bicyclic) bond motifs is 2. The second-order valence-corrected chi connectivity index (χ2v) is 8.32. The van der Waals surface area contributed by atoms with E-state index in [-0.39, 0.29) is 11.4 Å². The van der Waals surface area contributed by atoms with Crippen LogP contribution in [0.4, 0.5) is 0 Å². The standard InChI is InChI=1S/C17H25N3OS/c1-11-10-22-16(18-11)17(5-2-6-17)20-15(21)9-12-7-13-3-4-14(8-12)19-13/h10,12-14,19H,2-9H2,1H3,(H,20,21). The summed E-state index contributed by atoms with van der Waals surface area (Å²) in [5.74, 6) is 0.799. The minimum atomic E-state index is -0.151. The maximum Gasteiger partial charge on any atom is 0.221 e. The van der Waals surface area contributed by atoms with E-state index in [1.165, 1.54) is 32.1 Å². The topological polar surface area (TPSA) is 54.0 Å². The Morgan fingerprint density at radius 2 is 2.14 bits per heavy atom. The van der Waals surface area contributed by atoms with Gasteiger partial charge >= 0.3 is 0 Å². The molecule has 5 heteroatoms.